The van der Waals surface area contributed by atoms with E-state index in [1.807, 2.05) is 36.6 Å². The molecule has 1 aromatic carbocycles. The molecule has 0 amide bonds. The van der Waals surface area contributed by atoms with Crippen molar-refractivity contribution in [3.05, 3.63) is 57.8 Å². The Balaban J connectivity index is 1.62. The molecule has 1 saturated heterocycles. The van der Waals surface area contributed by atoms with Crippen molar-refractivity contribution in [1.82, 2.24) is 14.5 Å². The molecule has 4 rings (SSSR count). The van der Waals surface area contributed by atoms with Gasteiger partial charge in [0.1, 0.15) is 0 Å². The van der Waals surface area contributed by atoms with Crippen LogP contribution in [0.1, 0.15) is 47.8 Å². The molecule has 1 atom stereocenters. The van der Waals surface area contributed by atoms with E-state index in [9.17, 15) is 9.59 Å². The summed E-state index contributed by atoms with van der Waals surface area (Å²) in [5, 5.41) is 9.14. The van der Waals surface area contributed by atoms with Crippen molar-refractivity contribution < 1.29 is 14.3 Å². The topological polar surface area (TPSA) is 88.2 Å². The lowest BCUT2D eigenvalue weighted by molar-refractivity contribution is -0.144. The van der Waals surface area contributed by atoms with Crippen LogP contribution in [0.3, 0.4) is 0 Å². The molecule has 1 aliphatic rings. The number of fused-ring (bicyclic) bond motifs is 1. The van der Waals surface area contributed by atoms with Crippen molar-refractivity contribution in [3.8, 4) is 11.8 Å². The van der Waals surface area contributed by atoms with Gasteiger partial charge in [0.15, 0.2) is 5.78 Å². The fraction of sp³-hybridized carbons (Fsp3) is 0.385. The predicted molar refractivity (Wildman–Crippen MR) is 133 cm³/mol. The standard InChI is InChI=1S/C26H27BrN4O3/c1-3-34-24(33)11-19-5-4-10-30(15-19)16-23(32)25-17(2)31(21-8-6-18(13-28)7-9-21)22-12-20(27)14-29-26(22)25/h6-9,12,14,19H,3-5,10-11,15-16H2,1-2H3. The molecule has 3 heterocycles. The Morgan fingerprint density at radius 2 is 2.06 bits per heavy atom. The highest BCUT2D eigenvalue weighted by atomic mass is 79.9. The zero-order valence-electron chi connectivity index (χ0n) is 19.4. The number of hydrogen-bond acceptors (Lipinski definition) is 6. The number of benzene rings is 1. The van der Waals surface area contributed by atoms with E-state index in [1.165, 1.54) is 0 Å². The molecule has 34 heavy (non-hydrogen) atoms. The normalized spacial score (nSPS) is 16.4. The number of esters is 1. The number of piperidine rings is 1. The number of rotatable bonds is 7. The van der Waals surface area contributed by atoms with Gasteiger partial charge in [-0.3, -0.25) is 19.5 Å². The number of pyridine rings is 1. The highest BCUT2D eigenvalue weighted by molar-refractivity contribution is 9.10. The minimum absolute atomic E-state index is 0.0153. The van der Waals surface area contributed by atoms with Crippen LogP contribution >= 0.6 is 15.9 Å². The lowest BCUT2D eigenvalue weighted by Crippen LogP contribution is -2.39. The van der Waals surface area contributed by atoms with Crippen LogP contribution in [0.5, 0.6) is 0 Å². The second-order valence-corrected chi connectivity index (χ2v) is 9.57. The van der Waals surface area contributed by atoms with Gasteiger partial charge in [-0.05, 0) is 85.4 Å². The molecule has 1 aliphatic heterocycles. The smallest absolute Gasteiger partial charge is 0.306 e. The molecule has 7 nitrogen and oxygen atoms in total. The number of Topliss-reactive ketones (excluding diaryl/α,β-unsaturated/α-hetero) is 1. The Labute approximate surface area is 207 Å². The van der Waals surface area contributed by atoms with Crippen LogP contribution in [-0.4, -0.2) is 52.4 Å². The lowest BCUT2D eigenvalue weighted by Gasteiger charge is -2.31. The Morgan fingerprint density at radius 1 is 1.29 bits per heavy atom. The van der Waals surface area contributed by atoms with E-state index in [0.29, 0.717) is 36.2 Å². The molecule has 0 radical (unpaired) electrons. The third-order valence-corrected chi connectivity index (χ3v) is 6.71. The summed E-state index contributed by atoms with van der Waals surface area (Å²) >= 11 is 3.50. The van der Waals surface area contributed by atoms with E-state index >= 15 is 0 Å². The summed E-state index contributed by atoms with van der Waals surface area (Å²) in [5.41, 5.74) is 4.37. The minimum atomic E-state index is -0.170. The SMILES string of the molecule is CCOC(=O)CC1CCCN(CC(=O)c2c(C)n(-c3ccc(C#N)cc3)c3cc(Br)cnc23)C1. The number of nitrogens with zero attached hydrogens (tertiary/aromatic N) is 4. The third kappa shape index (κ3) is 5.06. The van der Waals surface area contributed by atoms with Crippen LogP contribution in [0.2, 0.25) is 0 Å². The van der Waals surface area contributed by atoms with E-state index in [0.717, 1.165) is 40.8 Å². The van der Waals surface area contributed by atoms with Crippen molar-refractivity contribution >= 4 is 38.7 Å². The van der Waals surface area contributed by atoms with Gasteiger partial charge in [0.2, 0.25) is 0 Å². The van der Waals surface area contributed by atoms with E-state index in [-0.39, 0.29) is 24.2 Å². The zero-order chi connectivity index (χ0) is 24.2. The first kappa shape index (κ1) is 24.1. The van der Waals surface area contributed by atoms with Gasteiger partial charge in [-0.2, -0.15) is 5.26 Å². The quantitative estimate of drug-likeness (QED) is 0.326. The molecular weight excluding hydrogens is 496 g/mol. The number of nitriles is 1. The number of hydrogen-bond donors (Lipinski definition) is 0. The molecule has 0 spiro atoms. The number of carbonyl (C=O) groups is 2. The van der Waals surface area contributed by atoms with Gasteiger partial charge in [0, 0.05) is 35.0 Å². The van der Waals surface area contributed by atoms with Gasteiger partial charge >= 0.3 is 5.97 Å². The predicted octanol–water partition coefficient (Wildman–Crippen LogP) is 4.82. The summed E-state index contributed by atoms with van der Waals surface area (Å²) in [6.07, 6.45) is 4.02. The minimum Gasteiger partial charge on any atom is -0.466 e. The van der Waals surface area contributed by atoms with Crippen LogP contribution in [0.4, 0.5) is 0 Å². The van der Waals surface area contributed by atoms with Gasteiger partial charge in [-0.25, -0.2) is 0 Å². The average Bonchev–Trinajstić information content (AvgIpc) is 3.10. The van der Waals surface area contributed by atoms with Gasteiger partial charge in [-0.1, -0.05) is 0 Å². The number of aromatic nitrogens is 2. The maximum absolute atomic E-state index is 13.6. The molecule has 3 aromatic rings. The lowest BCUT2D eigenvalue weighted by atomic mass is 9.94. The van der Waals surface area contributed by atoms with Crippen molar-refractivity contribution in [2.75, 3.05) is 26.2 Å². The summed E-state index contributed by atoms with van der Waals surface area (Å²) in [7, 11) is 0. The fourth-order valence-corrected chi connectivity index (χ4v) is 5.13. The van der Waals surface area contributed by atoms with Crippen LogP contribution in [-0.2, 0) is 9.53 Å². The summed E-state index contributed by atoms with van der Waals surface area (Å²) in [4.78, 5) is 32.2. The highest BCUT2D eigenvalue weighted by Gasteiger charge is 2.27. The number of halogens is 1. The first-order valence-corrected chi connectivity index (χ1v) is 12.3. The first-order valence-electron chi connectivity index (χ1n) is 11.5. The van der Waals surface area contributed by atoms with Gasteiger partial charge in [0.05, 0.1) is 41.4 Å². The van der Waals surface area contributed by atoms with E-state index in [4.69, 9.17) is 10.00 Å². The van der Waals surface area contributed by atoms with Crippen molar-refractivity contribution in [2.24, 2.45) is 5.92 Å². The summed E-state index contributed by atoms with van der Waals surface area (Å²) in [6.45, 7) is 5.95. The third-order valence-electron chi connectivity index (χ3n) is 6.27. The summed E-state index contributed by atoms with van der Waals surface area (Å²) < 4.78 is 7.94. The van der Waals surface area contributed by atoms with E-state index < -0.39 is 0 Å². The van der Waals surface area contributed by atoms with Crippen molar-refractivity contribution in [3.63, 3.8) is 0 Å². The number of likely N-dealkylation sites (tertiary alicyclic amines) is 1. The molecule has 1 fully saturated rings. The van der Waals surface area contributed by atoms with Gasteiger partial charge in [0.25, 0.3) is 0 Å². The number of ketones is 1. The van der Waals surface area contributed by atoms with Crippen molar-refractivity contribution in [1.29, 1.82) is 5.26 Å². The fourth-order valence-electron chi connectivity index (χ4n) is 4.81. The maximum Gasteiger partial charge on any atom is 0.306 e. The second kappa shape index (κ2) is 10.5. The van der Waals surface area contributed by atoms with Gasteiger partial charge < -0.3 is 9.30 Å². The summed E-state index contributed by atoms with van der Waals surface area (Å²) in [5.74, 6) is 0.0501. The van der Waals surface area contributed by atoms with Gasteiger partial charge in [-0.15, -0.1) is 0 Å². The molecule has 176 valence electrons. The zero-order valence-corrected chi connectivity index (χ0v) is 21.0. The molecular formula is C26H27BrN4O3. The van der Waals surface area contributed by atoms with Crippen LogP contribution < -0.4 is 0 Å². The number of ether oxygens (including phenoxy) is 1. The highest BCUT2D eigenvalue weighted by Crippen LogP contribution is 2.31. The molecule has 8 heteroatoms. The molecule has 0 bridgehead atoms. The Kier molecular flexibility index (Phi) is 7.44. The molecule has 0 aliphatic carbocycles. The summed E-state index contributed by atoms with van der Waals surface area (Å²) in [6, 6.07) is 11.4. The molecule has 0 saturated carbocycles. The maximum atomic E-state index is 13.6. The Hall–Kier alpha value is -3.02. The van der Waals surface area contributed by atoms with Crippen LogP contribution in [0, 0.1) is 24.2 Å². The van der Waals surface area contributed by atoms with E-state index in [1.54, 1.807) is 18.3 Å². The Bertz CT molecular complexity index is 1260. The van der Waals surface area contributed by atoms with Crippen LogP contribution in [0.15, 0.2) is 41.0 Å². The van der Waals surface area contributed by atoms with E-state index in [2.05, 4.69) is 31.9 Å². The molecule has 2 aromatic heterocycles. The first-order chi connectivity index (χ1) is 16.4. The van der Waals surface area contributed by atoms with Crippen molar-refractivity contribution in [2.45, 2.75) is 33.1 Å². The monoisotopic (exact) mass is 522 g/mol. The average molecular weight is 523 g/mol. The van der Waals surface area contributed by atoms with Crippen LogP contribution in [0.25, 0.3) is 16.7 Å². The number of carbonyl (C=O) groups excluding carboxylic acids is 2. The second-order valence-electron chi connectivity index (χ2n) is 8.65. The molecule has 0 N–H and O–H groups in total. The molecule has 1 unspecified atom stereocenters. The Morgan fingerprint density at radius 3 is 2.76 bits per heavy atom. The largest absolute Gasteiger partial charge is 0.466 e.